The summed E-state index contributed by atoms with van der Waals surface area (Å²) in [6, 6.07) is -0.814. The number of aliphatic hydroxyl groups excluding tert-OH is 8. The first kappa shape index (κ1) is 42.2. The number of amides is 1. The molecule has 0 bridgehead atoms. The monoisotopic (exact) mass is 681 g/mol. The summed E-state index contributed by atoms with van der Waals surface area (Å²) in [7, 11) is 0. The highest BCUT2D eigenvalue weighted by Gasteiger charge is 2.50. The van der Waals surface area contributed by atoms with Gasteiger partial charge in [0.2, 0.25) is 5.91 Å². The zero-order chi connectivity index (χ0) is 34.8. The number of ether oxygens (including phenoxy) is 4. The van der Waals surface area contributed by atoms with Gasteiger partial charge in [0.1, 0.15) is 48.8 Å². The van der Waals surface area contributed by atoms with Gasteiger partial charge in [-0.15, -0.1) is 0 Å². The van der Waals surface area contributed by atoms with Gasteiger partial charge in [-0.1, -0.05) is 90.9 Å². The van der Waals surface area contributed by atoms with Crippen molar-refractivity contribution in [2.24, 2.45) is 0 Å². The van der Waals surface area contributed by atoms with E-state index < -0.39 is 86.8 Å². The van der Waals surface area contributed by atoms with E-state index in [0.717, 1.165) is 44.9 Å². The first-order valence-electron chi connectivity index (χ1n) is 17.8. The fraction of sp³-hybridized carbons (Fsp3) is 0.970. The fourth-order valence-electron chi connectivity index (χ4n) is 6.00. The standard InChI is InChI=1S/C33H63NO13/c1-3-5-7-9-10-11-12-13-14-16-22(37)21(34-25(38)17-15-8-6-4-2)20-44-32-30(43)28(41)31(24(19-36)46-32)47-33-29(42)27(40)26(39)23(18-35)45-33/h21-24,26-33,35-37,39-43H,3-20H2,1-2H3,(H,34,38). The molecule has 2 rings (SSSR count). The Balaban J connectivity index is 1.97. The Morgan fingerprint density at radius 1 is 0.681 bits per heavy atom. The van der Waals surface area contributed by atoms with Gasteiger partial charge in [0, 0.05) is 6.42 Å². The maximum absolute atomic E-state index is 12.7. The second-order valence-corrected chi connectivity index (χ2v) is 13.0. The summed E-state index contributed by atoms with van der Waals surface area (Å²) in [5.74, 6) is -0.229. The predicted octanol–water partition coefficient (Wildman–Crippen LogP) is 0.364. The Bertz CT molecular complexity index is 821. The first-order chi connectivity index (χ1) is 22.6. The summed E-state index contributed by atoms with van der Waals surface area (Å²) < 4.78 is 22.4. The van der Waals surface area contributed by atoms with Crippen molar-refractivity contribution in [1.29, 1.82) is 0 Å². The van der Waals surface area contributed by atoms with Gasteiger partial charge >= 0.3 is 0 Å². The Morgan fingerprint density at radius 2 is 1.21 bits per heavy atom. The number of aliphatic hydroxyl groups is 8. The first-order valence-corrected chi connectivity index (χ1v) is 17.8. The minimum absolute atomic E-state index is 0.229. The lowest BCUT2D eigenvalue weighted by atomic mass is 9.97. The molecule has 14 heteroatoms. The molecule has 12 unspecified atom stereocenters. The highest BCUT2D eigenvalue weighted by molar-refractivity contribution is 5.76. The molecule has 2 aliphatic rings. The number of nitrogens with one attached hydrogen (secondary N) is 1. The molecule has 47 heavy (non-hydrogen) atoms. The van der Waals surface area contributed by atoms with E-state index in [-0.39, 0.29) is 12.5 Å². The maximum Gasteiger partial charge on any atom is 0.220 e. The molecular formula is C33H63NO13. The van der Waals surface area contributed by atoms with E-state index in [1.54, 1.807) is 0 Å². The van der Waals surface area contributed by atoms with Crippen LogP contribution >= 0.6 is 0 Å². The highest BCUT2D eigenvalue weighted by atomic mass is 16.7. The van der Waals surface area contributed by atoms with Crippen LogP contribution in [0.4, 0.5) is 0 Å². The van der Waals surface area contributed by atoms with E-state index in [9.17, 15) is 45.6 Å². The normalized spacial score (nSPS) is 32.6. The molecule has 0 aromatic carbocycles. The van der Waals surface area contributed by atoms with E-state index in [1.807, 2.05) is 0 Å². The van der Waals surface area contributed by atoms with Gasteiger partial charge < -0.3 is 65.1 Å². The average molecular weight is 682 g/mol. The van der Waals surface area contributed by atoms with Gasteiger partial charge in [0.25, 0.3) is 0 Å². The number of carbonyl (C=O) groups excluding carboxylic acids is 1. The largest absolute Gasteiger partial charge is 0.394 e. The fourth-order valence-corrected chi connectivity index (χ4v) is 6.00. The lowest BCUT2D eigenvalue weighted by molar-refractivity contribution is -0.359. The minimum Gasteiger partial charge on any atom is -0.394 e. The van der Waals surface area contributed by atoms with Crippen molar-refractivity contribution >= 4 is 5.91 Å². The van der Waals surface area contributed by atoms with E-state index in [4.69, 9.17) is 18.9 Å². The van der Waals surface area contributed by atoms with Crippen molar-refractivity contribution in [1.82, 2.24) is 5.32 Å². The molecule has 0 spiro atoms. The van der Waals surface area contributed by atoms with Crippen molar-refractivity contribution in [3.8, 4) is 0 Å². The molecule has 0 saturated carbocycles. The van der Waals surface area contributed by atoms with Crippen LogP contribution in [0.5, 0.6) is 0 Å². The number of rotatable bonds is 24. The van der Waals surface area contributed by atoms with Crippen molar-refractivity contribution in [3.05, 3.63) is 0 Å². The topological polar surface area (TPSA) is 228 Å². The summed E-state index contributed by atoms with van der Waals surface area (Å²) in [4.78, 5) is 12.7. The smallest absolute Gasteiger partial charge is 0.220 e. The molecule has 0 aliphatic carbocycles. The summed E-state index contributed by atoms with van der Waals surface area (Å²) >= 11 is 0. The molecule has 1 amide bonds. The van der Waals surface area contributed by atoms with Gasteiger partial charge in [0.05, 0.1) is 32.0 Å². The number of hydrogen-bond donors (Lipinski definition) is 9. The Kier molecular flexibility index (Phi) is 21.0. The third-order valence-electron chi connectivity index (χ3n) is 9.07. The second-order valence-electron chi connectivity index (χ2n) is 13.0. The van der Waals surface area contributed by atoms with E-state index in [2.05, 4.69) is 19.2 Å². The maximum atomic E-state index is 12.7. The van der Waals surface area contributed by atoms with Crippen molar-refractivity contribution < 1.29 is 64.6 Å². The van der Waals surface area contributed by atoms with Gasteiger partial charge in [-0.2, -0.15) is 0 Å². The Morgan fingerprint density at radius 3 is 1.81 bits per heavy atom. The van der Waals surface area contributed by atoms with Gasteiger partial charge in [0.15, 0.2) is 12.6 Å². The van der Waals surface area contributed by atoms with Gasteiger partial charge in [-0.25, -0.2) is 0 Å². The molecule has 14 nitrogen and oxygen atoms in total. The predicted molar refractivity (Wildman–Crippen MR) is 171 cm³/mol. The average Bonchev–Trinajstić information content (AvgIpc) is 3.06. The Hall–Kier alpha value is -1.01. The lowest BCUT2D eigenvalue weighted by Gasteiger charge is -2.46. The summed E-state index contributed by atoms with van der Waals surface area (Å²) in [6.45, 7) is 2.63. The number of hydrogen-bond acceptors (Lipinski definition) is 13. The van der Waals surface area contributed by atoms with Gasteiger partial charge in [-0.3, -0.25) is 4.79 Å². The molecular weight excluding hydrogens is 618 g/mol. The highest BCUT2D eigenvalue weighted by Crippen LogP contribution is 2.30. The number of carbonyl (C=O) groups is 1. The minimum atomic E-state index is -1.77. The van der Waals surface area contributed by atoms with Crippen molar-refractivity contribution in [2.75, 3.05) is 19.8 Å². The van der Waals surface area contributed by atoms with Crippen LogP contribution in [0.25, 0.3) is 0 Å². The third kappa shape index (κ3) is 14.0. The van der Waals surface area contributed by atoms with Crippen LogP contribution in [-0.2, 0) is 23.7 Å². The van der Waals surface area contributed by atoms with Crippen LogP contribution in [-0.4, -0.2) is 140 Å². The molecule has 12 atom stereocenters. The summed E-state index contributed by atoms with van der Waals surface area (Å²) in [5.41, 5.74) is 0. The van der Waals surface area contributed by atoms with Crippen LogP contribution in [0, 0.1) is 0 Å². The van der Waals surface area contributed by atoms with Crippen molar-refractivity contribution in [3.63, 3.8) is 0 Å². The van der Waals surface area contributed by atoms with E-state index in [0.29, 0.717) is 19.3 Å². The molecule has 2 aliphatic heterocycles. The van der Waals surface area contributed by atoms with Crippen molar-refractivity contribution in [2.45, 2.75) is 184 Å². The molecule has 2 fully saturated rings. The SMILES string of the molecule is CCCCCCCCCCCC(O)C(COC1OC(CO)C(OC2OC(CO)C(O)C(O)C2O)C(O)C1O)NC(=O)CCCCCC. The summed E-state index contributed by atoms with van der Waals surface area (Å²) in [6.07, 6.45) is -2.10. The molecule has 2 saturated heterocycles. The molecule has 0 aromatic heterocycles. The number of unbranched alkanes of at least 4 members (excludes halogenated alkanes) is 11. The second kappa shape index (κ2) is 23.4. The summed E-state index contributed by atoms with van der Waals surface area (Å²) in [5, 5.41) is 85.5. The van der Waals surface area contributed by atoms with Gasteiger partial charge in [-0.05, 0) is 12.8 Å². The zero-order valence-corrected chi connectivity index (χ0v) is 28.3. The lowest BCUT2D eigenvalue weighted by Crippen LogP contribution is -2.65. The molecule has 0 aromatic rings. The van der Waals surface area contributed by atoms with Crippen LogP contribution in [0.1, 0.15) is 110 Å². The molecule has 278 valence electrons. The van der Waals surface area contributed by atoms with Crippen LogP contribution in [0.2, 0.25) is 0 Å². The quantitative estimate of drug-likeness (QED) is 0.0628. The Labute approximate surface area is 279 Å². The third-order valence-corrected chi connectivity index (χ3v) is 9.07. The van der Waals surface area contributed by atoms with Crippen LogP contribution in [0.15, 0.2) is 0 Å². The zero-order valence-electron chi connectivity index (χ0n) is 28.3. The molecule has 2 heterocycles. The molecule has 0 radical (unpaired) electrons. The van der Waals surface area contributed by atoms with E-state index in [1.165, 1.54) is 32.1 Å². The molecule has 9 N–H and O–H groups in total. The van der Waals surface area contributed by atoms with Crippen LogP contribution in [0.3, 0.4) is 0 Å². The van der Waals surface area contributed by atoms with Crippen LogP contribution < -0.4 is 5.32 Å². The van der Waals surface area contributed by atoms with E-state index >= 15 is 0 Å².